The molecule has 0 saturated carbocycles. The van der Waals surface area contributed by atoms with Crippen LogP contribution in [0.25, 0.3) is 0 Å². The second-order valence-electron chi connectivity index (χ2n) is 13.8. The van der Waals surface area contributed by atoms with Crippen molar-refractivity contribution in [2.75, 3.05) is 19.8 Å². The van der Waals surface area contributed by atoms with Crippen LogP contribution < -0.4 is 5.73 Å². The molecule has 0 aromatic heterocycles. The molecule has 58 heavy (non-hydrogen) atoms. The molecule has 3 atom stereocenters. The van der Waals surface area contributed by atoms with Gasteiger partial charge in [-0.15, -0.1) is 0 Å². The number of allylic oxidation sites excluding steroid dienone is 16. The smallest absolute Gasteiger partial charge is 0.472 e. The second-order valence-corrected chi connectivity index (χ2v) is 15.3. The van der Waals surface area contributed by atoms with Gasteiger partial charge in [-0.1, -0.05) is 169 Å². The van der Waals surface area contributed by atoms with Crippen molar-refractivity contribution in [3.63, 3.8) is 0 Å². The minimum absolute atomic E-state index is 0.0590. The minimum Gasteiger partial charge on any atom is -0.480 e. The van der Waals surface area contributed by atoms with E-state index in [1.165, 1.54) is 44.9 Å². The molecule has 0 bridgehead atoms. The average molecular weight is 832 g/mol. The summed E-state index contributed by atoms with van der Waals surface area (Å²) in [6.45, 7) is 2.45. The van der Waals surface area contributed by atoms with Crippen molar-refractivity contribution in [1.82, 2.24) is 0 Å². The lowest BCUT2D eigenvalue weighted by atomic mass is 10.0. The third kappa shape index (κ3) is 39.2. The largest absolute Gasteiger partial charge is 0.480 e. The zero-order chi connectivity index (χ0) is 42.8. The summed E-state index contributed by atoms with van der Waals surface area (Å²) in [7, 11) is -4.74. The molecular formula is C46H74NO10P. The van der Waals surface area contributed by atoms with Crippen LogP contribution in [0.1, 0.15) is 142 Å². The predicted molar refractivity (Wildman–Crippen MR) is 235 cm³/mol. The Morgan fingerprint density at radius 3 is 1.60 bits per heavy atom. The lowest BCUT2D eigenvalue weighted by Crippen LogP contribution is -2.34. The van der Waals surface area contributed by atoms with Gasteiger partial charge in [0.2, 0.25) is 0 Å². The molecule has 0 aliphatic rings. The van der Waals surface area contributed by atoms with Crippen molar-refractivity contribution in [2.24, 2.45) is 5.73 Å². The summed E-state index contributed by atoms with van der Waals surface area (Å²) >= 11 is 0. The molecule has 11 nitrogen and oxygen atoms in total. The first-order chi connectivity index (χ1) is 28.1. The van der Waals surface area contributed by atoms with E-state index in [2.05, 4.69) is 60.9 Å². The van der Waals surface area contributed by atoms with Crippen LogP contribution in [0.4, 0.5) is 0 Å². The molecule has 0 spiro atoms. The van der Waals surface area contributed by atoms with Gasteiger partial charge in [-0.05, 0) is 57.8 Å². The molecule has 0 aromatic carbocycles. The van der Waals surface area contributed by atoms with E-state index in [0.717, 1.165) is 51.4 Å². The molecule has 0 aromatic rings. The summed E-state index contributed by atoms with van der Waals surface area (Å²) in [6, 6.07) is -1.54. The highest BCUT2D eigenvalue weighted by molar-refractivity contribution is 7.47. The number of nitrogens with two attached hydrogens (primary N) is 1. The Morgan fingerprint density at radius 2 is 1.02 bits per heavy atom. The summed E-state index contributed by atoms with van der Waals surface area (Å²) in [6.07, 6.45) is 50.7. The second kappa shape index (κ2) is 40.2. The highest BCUT2D eigenvalue weighted by Crippen LogP contribution is 2.43. The quantitative estimate of drug-likeness (QED) is 0.0178. The van der Waals surface area contributed by atoms with Crippen LogP contribution in [-0.4, -0.2) is 59.9 Å². The van der Waals surface area contributed by atoms with Crippen molar-refractivity contribution < 1.29 is 47.5 Å². The molecule has 0 heterocycles. The SMILES string of the molecule is CC/C=C/C=C/C=C/C=C/C=C/CCCC(=O)OC(COC(=O)CCCCCCCCCCCCC/C=C/C/C=C/C/C=C/CC)COP(=O)(O)OC[C@H](N)C(=O)O. The number of carbonyl (C=O) groups excluding carboxylic acids is 2. The Labute approximate surface area is 349 Å². The van der Waals surface area contributed by atoms with Gasteiger partial charge in [0.05, 0.1) is 13.2 Å². The van der Waals surface area contributed by atoms with Gasteiger partial charge >= 0.3 is 25.7 Å². The standard InChI is InChI=1S/C46H74NO10P/c1-3-5-7-9-11-13-15-17-18-19-20-21-22-23-24-26-27-29-31-33-35-37-44(48)54-39-42(40-55-58(52,53)56-41-43(47)46(50)51)57-45(49)38-36-34-32-30-28-25-16-14-12-10-8-6-4-2/h5-8,10-14,16-18,25,28,30,32,42-43H,3-4,9,15,19-24,26-27,29,31,33-41,47H2,1-2H3,(H,50,51)(H,52,53)/b7-5+,8-6+,12-10+,13-11+,16-14+,18-17+,28-25+,32-30+/t42?,43-/m0/s1. The lowest BCUT2D eigenvalue weighted by molar-refractivity contribution is -0.161. The van der Waals surface area contributed by atoms with Crippen LogP contribution in [-0.2, 0) is 37.5 Å². The molecule has 2 unspecified atom stereocenters. The van der Waals surface area contributed by atoms with Crippen molar-refractivity contribution in [3.05, 3.63) is 97.2 Å². The summed E-state index contributed by atoms with van der Waals surface area (Å²) in [5.41, 5.74) is 5.32. The highest BCUT2D eigenvalue weighted by atomic mass is 31.2. The summed E-state index contributed by atoms with van der Waals surface area (Å²) < 4.78 is 32.6. The van der Waals surface area contributed by atoms with Gasteiger partial charge in [0.1, 0.15) is 12.6 Å². The molecule has 0 aliphatic carbocycles. The van der Waals surface area contributed by atoms with E-state index in [1.807, 2.05) is 54.7 Å². The zero-order valence-electron chi connectivity index (χ0n) is 35.3. The van der Waals surface area contributed by atoms with Crippen molar-refractivity contribution in [2.45, 2.75) is 154 Å². The summed E-state index contributed by atoms with van der Waals surface area (Å²) in [4.78, 5) is 45.9. The number of phosphoric acid groups is 1. The maximum Gasteiger partial charge on any atom is 0.472 e. The lowest BCUT2D eigenvalue weighted by Gasteiger charge is -2.20. The van der Waals surface area contributed by atoms with Gasteiger partial charge in [0.15, 0.2) is 6.10 Å². The number of esters is 2. The molecule has 0 radical (unpaired) electrons. The number of rotatable bonds is 38. The van der Waals surface area contributed by atoms with Crippen LogP contribution in [0, 0.1) is 0 Å². The molecular weight excluding hydrogens is 757 g/mol. The number of carbonyl (C=O) groups is 3. The number of hydrogen-bond donors (Lipinski definition) is 3. The minimum atomic E-state index is -4.74. The molecule has 0 aliphatic heterocycles. The molecule has 12 heteroatoms. The predicted octanol–water partition coefficient (Wildman–Crippen LogP) is 11.3. The Bertz CT molecular complexity index is 1350. The van der Waals surface area contributed by atoms with Crippen LogP contribution in [0.3, 0.4) is 0 Å². The summed E-state index contributed by atoms with van der Waals surface area (Å²) in [5.74, 6) is -2.49. The number of carboxylic acid groups (broad SMARTS) is 1. The van der Waals surface area contributed by atoms with E-state index in [0.29, 0.717) is 19.3 Å². The number of hydrogen-bond acceptors (Lipinski definition) is 9. The maximum absolute atomic E-state index is 12.6. The molecule has 0 fully saturated rings. The van der Waals surface area contributed by atoms with Gasteiger partial charge in [-0.2, -0.15) is 0 Å². The molecule has 0 saturated heterocycles. The van der Waals surface area contributed by atoms with Crippen molar-refractivity contribution >= 4 is 25.7 Å². The third-order valence-corrected chi connectivity index (χ3v) is 9.41. The van der Waals surface area contributed by atoms with Gasteiger partial charge in [-0.3, -0.25) is 23.4 Å². The molecule has 4 N–H and O–H groups in total. The van der Waals surface area contributed by atoms with Crippen LogP contribution in [0.15, 0.2) is 97.2 Å². The molecule has 0 amide bonds. The molecule has 328 valence electrons. The van der Waals surface area contributed by atoms with Crippen LogP contribution in [0.2, 0.25) is 0 Å². The first kappa shape index (κ1) is 54.4. The van der Waals surface area contributed by atoms with Gasteiger partial charge in [-0.25, -0.2) is 4.57 Å². The van der Waals surface area contributed by atoms with E-state index >= 15 is 0 Å². The maximum atomic E-state index is 12.6. The van der Waals surface area contributed by atoms with E-state index in [-0.39, 0.29) is 19.4 Å². The van der Waals surface area contributed by atoms with Crippen LogP contribution >= 0.6 is 7.82 Å². The molecule has 0 rings (SSSR count). The first-order valence-electron chi connectivity index (χ1n) is 21.3. The monoisotopic (exact) mass is 832 g/mol. The third-order valence-electron chi connectivity index (χ3n) is 8.46. The van der Waals surface area contributed by atoms with Gasteiger partial charge < -0.3 is 25.2 Å². The number of unbranched alkanes of at least 4 members (excludes halogenated alkanes) is 12. The average Bonchev–Trinajstić information content (AvgIpc) is 3.20. The Hall–Kier alpha value is -3.60. The van der Waals surface area contributed by atoms with Crippen molar-refractivity contribution in [1.29, 1.82) is 0 Å². The number of aliphatic carboxylic acids is 1. The van der Waals surface area contributed by atoms with Crippen molar-refractivity contribution in [3.8, 4) is 0 Å². The Morgan fingerprint density at radius 1 is 0.552 bits per heavy atom. The first-order valence-corrected chi connectivity index (χ1v) is 22.8. The number of phosphoric ester groups is 1. The van der Waals surface area contributed by atoms with E-state index in [9.17, 15) is 23.8 Å². The Balaban J connectivity index is 4.40. The van der Waals surface area contributed by atoms with E-state index < -0.39 is 51.1 Å². The fourth-order valence-corrected chi connectivity index (χ4v) is 5.95. The summed E-state index contributed by atoms with van der Waals surface area (Å²) in [5, 5.41) is 8.88. The Kier molecular flexibility index (Phi) is 37.7. The van der Waals surface area contributed by atoms with E-state index in [4.69, 9.17) is 24.8 Å². The van der Waals surface area contributed by atoms with Gasteiger partial charge in [0.25, 0.3) is 0 Å². The van der Waals surface area contributed by atoms with Crippen LogP contribution in [0.5, 0.6) is 0 Å². The number of carboxylic acids is 1. The zero-order valence-corrected chi connectivity index (χ0v) is 36.2. The highest BCUT2D eigenvalue weighted by Gasteiger charge is 2.28. The van der Waals surface area contributed by atoms with E-state index in [1.54, 1.807) is 0 Å². The fourth-order valence-electron chi connectivity index (χ4n) is 5.17. The fraction of sp³-hybridized carbons (Fsp3) is 0.587. The topological polar surface area (TPSA) is 172 Å². The number of ether oxygens (including phenoxy) is 2. The normalized spacial score (nSPS) is 14.7. The van der Waals surface area contributed by atoms with Gasteiger partial charge in [0, 0.05) is 12.8 Å².